The zero-order chi connectivity index (χ0) is 18.4. The van der Waals surface area contributed by atoms with Gasteiger partial charge in [0.15, 0.2) is 0 Å². The number of aliphatic hydroxyl groups is 1. The van der Waals surface area contributed by atoms with Crippen LogP contribution < -0.4 is 5.32 Å². The Kier molecular flexibility index (Phi) is 6.70. The predicted octanol–water partition coefficient (Wildman–Crippen LogP) is 2.93. The van der Waals surface area contributed by atoms with E-state index < -0.39 is 0 Å². The first kappa shape index (κ1) is 19.1. The summed E-state index contributed by atoms with van der Waals surface area (Å²) in [5.41, 5.74) is 2.16. The highest BCUT2D eigenvalue weighted by Gasteiger charge is 2.15. The average Bonchev–Trinajstić information content (AvgIpc) is 3.08. The van der Waals surface area contributed by atoms with E-state index in [-0.39, 0.29) is 30.9 Å². The third-order valence-electron chi connectivity index (χ3n) is 4.40. The van der Waals surface area contributed by atoms with Crippen LogP contribution >= 0.6 is 0 Å². The maximum atomic E-state index is 11.9. The summed E-state index contributed by atoms with van der Waals surface area (Å²) >= 11 is 0. The number of rotatable bonds is 8. The average molecular weight is 345 g/mol. The van der Waals surface area contributed by atoms with Gasteiger partial charge >= 0.3 is 0 Å². The van der Waals surface area contributed by atoms with Crippen LogP contribution in [0.1, 0.15) is 51.5 Å². The minimum absolute atomic E-state index is 0.0211. The molecule has 6 heteroatoms. The lowest BCUT2D eigenvalue weighted by atomic mass is 10.0. The number of aromatic nitrogens is 2. The molecule has 1 amide bonds. The third kappa shape index (κ3) is 5.39. The van der Waals surface area contributed by atoms with Gasteiger partial charge < -0.3 is 14.9 Å². The number of hydrogen-bond acceptors (Lipinski definition) is 5. The van der Waals surface area contributed by atoms with Crippen LogP contribution in [0.4, 0.5) is 0 Å². The van der Waals surface area contributed by atoms with Crippen LogP contribution in [0.15, 0.2) is 28.8 Å². The van der Waals surface area contributed by atoms with Gasteiger partial charge in [0.25, 0.3) is 0 Å². The summed E-state index contributed by atoms with van der Waals surface area (Å²) in [5.74, 6) is 1.39. The number of carbonyl (C=O) groups excluding carboxylic acids is 1. The molecule has 25 heavy (non-hydrogen) atoms. The van der Waals surface area contributed by atoms with Crippen LogP contribution in [0.2, 0.25) is 0 Å². The highest BCUT2D eigenvalue weighted by molar-refractivity contribution is 5.76. The van der Waals surface area contributed by atoms with Crippen molar-refractivity contribution in [3.8, 4) is 11.4 Å². The normalized spacial score (nSPS) is 13.7. The number of aliphatic hydroxyl groups excluding tert-OH is 1. The van der Waals surface area contributed by atoms with Crippen molar-refractivity contribution >= 4 is 5.91 Å². The van der Waals surface area contributed by atoms with Gasteiger partial charge in [-0.2, -0.15) is 4.98 Å². The molecular formula is C19H27N3O3. The zero-order valence-electron chi connectivity index (χ0n) is 15.3. The molecule has 0 spiro atoms. The fraction of sp³-hybridized carbons (Fsp3) is 0.526. The number of carbonyl (C=O) groups is 1. The summed E-state index contributed by atoms with van der Waals surface area (Å²) in [5, 5.41) is 16.0. The maximum absolute atomic E-state index is 11.9. The fourth-order valence-electron chi connectivity index (χ4n) is 2.34. The number of amides is 1. The topological polar surface area (TPSA) is 88.2 Å². The molecule has 0 bridgehead atoms. The smallest absolute Gasteiger partial charge is 0.227 e. The Balaban J connectivity index is 1.90. The van der Waals surface area contributed by atoms with Gasteiger partial charge in [0.05, 0.1) is 0 Å². The van der Waals surface area contributed by atoms with E-state index >= 15 is 0 Å². The van der Waals surface area contributed by atoms with E-state index in [1.165, 1.54) is 5.56 Å². The van der Waals surface area contributed by atoms with Crippen LogP contribution in [0.5, 0.6) is 0 Å². The van der Waals surface area contributed by atoms with Crippen molar-refractivity contribution < 1.29 is 14.4 Å². The highest BCUT2D eigenvalue weighted by atomic mass is 16.5. The van der Waals surface area contributed by atoms with E-state index in [0.29, 0.717) is 24.1 Å². The van der Waals surface area contributed by atoms with E-state index in [4.69, 9.17) is 9.63 Å². The quantitative estimate of drug-likeness (QED) is 0.768. The van der Waals surface area contributed by atoms with Gasteiger partial charge in [-0.15, -0.1) is 0 Å². The number of benzene rings is 1. The monoisotopic (exact) mass is 345 g/mol. The largest absolute Gasteiger partial charge is 0.396 e. The first-order valence-electron chi connectivity index (χ1n) is 8.73. The number of nitrogens with zero attached hydrogens (tertiary/aromatic N) is 2. The molecule has 0 saturated heterocycles. The molecule has 2 atom stereocenters. The molecular weight excluding hydrogens is 318 g/mol. The fourth-order valence-corrected chi connectivity index (χ4v) is 2.34. The molecule has 2 N–H and O–H groups in total. The van der Waals surface area contributed by atoms with E-state index in [2.05, 4.69) is 41.4 Å². The lowest BCUT2D eigenvalue weighted by Gasteiger charge is -2.18. The van der Waals surface area contributed by atoms with E-state index in [1.54, 1.807) is 0 Å². The van der Waals surface area contributed by atoms with Crippen molar-refractivity contribution in [3.63, 3.8) is 0 Å². The minimum atomic E-state index is -0.0890. The third-order valence-corrected chi connectivity index (χ3v) is 4.40. The van der Waals surface area contributed by atoms with Gasteiger partial charge in [0.1, 0.15) is 0 Å². The van der Waals surface area contributed by atoms with Gasteiger partial charge in [-0.05, 0) is 24.3 Å². The molecule has 1 aromatic heterocycles. The highest BCUT2D eigenvalue weighted by Crippen LogP contribution is 2.20. The Morgan fingerprint density at radius 1 is 1.20 bits per heavy atom. The molecule has 2 rings (SSSR count). The van der Waals surface area contributed by atoms with Gasteiger partial charge in [0.2, 0.25) is 17.6 Å². The van der Waals surface area contributed by atoms with E-state index in [9.17, 15) is 4.79 Å². The summed E-state index contributed by atoms with van der Waals surface area (Å²) in [4.78, 5) is 16.3. The summed E-state index contributed by atoms with van der Waals surface area (Å²) in [6.07, 6.45) is 0.666. The van der Waals surface area contributed by atoms with Gasteiger partial charge in [-0.3, -0.25) is 4.79 Å². The lowest BCUT2D eigenvalue weighted by Crippen LogP contribution is -2.38. The van der Waals surface area contributed by atoms with Crippen molar-refractivity contribution in [2.24, 2.45) is 5.92 Å². The molecule has 0 aliphatic rings. The Hall–Kier alpha value is -2.21. The second-order valence-corrected chi connectivity index (χ2v) is 6.80. The van der Waals surface area contributed by atoms with Crippen molar-refractivity contribution in [1.29, 1.82) is 0 Å². The summed E-state index contributed by atoms with van der Waals surface area (Å²) in [6, 6.07) is 8.01. The maximum Gasteiger partial charge on any atom is 0.227 e. The molecule has 0 radical (unpaired) electrons. The first-order valence-corrected chi connectivity index (χ1v) is 8.73. The zero-order valence-corrected chi connectivity index (χ0v) is 15.3. The number of hydrogen-bond donors (Lipinski definition) is 2. The Morgan fingerprint density at radius 3 is 2.48 bits per heavy atom. The number of nitrogens with one attached hydrogen (secondary N) is 1. The van der Waals surface area contributed by atoms with Crippen molar-refractivity contribution in [2.75, 3.05) is 6.61 Å². The molecule has 6 nitrogen and oxygen atoms in total. The molecule has 0 fully saturated rings. The van der Waals surface area contributed by atoms with Crippen molar-refractivity contribution in [1.82, 2.24) is 15.5 Å². The molecule has 136 valence electrons. The van der Waals surface area contributed by atoms with E-state index in [0.717, 1.165) is 5.56 Å². The molecule has 0 aliphatic heterocycles. The Morgan fingerprint density at radius 2 is 1.88 bits per heavy atom. The SMILES string of the molecule is CC(C)c1ccc(-c2noc(CCC(=O)NC(C)C(C)CO)n2)cc1. The second-order valence-electron chi connectivity index (χ2n) is 6.80. The van der Waals surface area contributed by atoms with Crippen LogP contribution in [0.25, 0.3) is 11.4 Å². The summed E-state index contributed by atoms with van der Waals surface area (Å²) in [7, 11) is 0. The lowest BCUT2D eigenvalue weighted by molar-refractivity contribution is -0.122. The van der Waals surface area contributed by atoms with Crippen LogP contribution in [-0.4, -0.2) is 33.8 Å². The van der Waals surface area contributed by atoms with Crippen molar-refractivity contribution in [3.05, 3.63) is 35.7 Å². The number of aryl methyl sites for hydroxylation is 1. The molecule has 0 aliphatic carbocycles. The van der Waals surface area contributed by atoms with E-state index in [1.807, 2.05) is 26.0 Å². The Bertz CT molecular complexity index is 679. The first-order chi connectivity index (χ1) is 11.9. The van der Waals surface area contributed by atoms with Gasteiger partial charge in [-0.1, -0.05) is 50.2 Å². The molecule has 0 saturated carbocycles. The molecule has 1 aromatic carbocycles. The molecule has 1 heterocycles. The summed E-state index contributed by atoms with van der Waals surface area (Å²) < 4.78 is 5.24. The van der Waals surface area contributed by atoms with Crippen LogP contribution in [0.3, 0.4) is 0 Å². The van der Waals surface area contributed by atoms with Crippen LogP contribution in [0, 0.1) is 5.92 Å². The molecule has 2 unspecified atom stereocenters. The Labute approximate surface area is 148 Å². The van der Waals surface area contributed by atoms with Gasteiger partial charge in [0, 0.05) is 31.1 Å². The minimum Gasteiger partial charge on any atom is -0.396 e. The molecule has 2 aromatic rings. The standard InChI is InChI=1S/C19H27N3O3/c1-12(2)15-5-7-16(8-6-15)19-21-18(25-22-19)10-9-17(24)20-14(4)13(3)11-23/h5-8,12-14,23H,9-11H2,1-4H3,(H,20,24). The van der Waals surface area contributed by atoms with Crippen LogP contribution in [-0.2, 0) is 11.2 Å². The summed E-state index contributed by atoms with van der Waals surface area (Å²) in [6.45, 7) is 8.11. The predicted molar refractivity (Wildman–Crippen MR) is 96.0 cm³/mol. The van der Waals surface area contributed by atoms with Crippen molar-refractivity contribution in [2.45, 2.75) is 52.5 Å². The second kappa shape index (κ2) is 8.76. The van der Waals surface area contributed by atoms with Gasteiger partial charge in [-0.25, -0.2) is 0 Å².